The van der Waals surface area contributed by atoms with Crippen LogP contribution in [0.1, 0.15) is 82.4 Å². The molecule has 1 atom stereocenters. The molecule has 0 spiro atoms. The molecule has 232 valence electrons. The Morgan fingerprint density at radius 3 is 1.62 bits per heavy atom. The van der Waals surface area contributed by atoms with Crippen molar-refractivity contribution >= 4 is 30.2 Å². The molecule has 0 saturated carbocycles. The van der Waals surface area contributed by atoms with Crippen molar-refractivity contribution in [2.24, 2.45) is 0 Å². The molecular weight excluding hydrogens is 568 g/mol. The van der Waals surface area contributed by atoms with Gasteiger partial charge in [-0.2, -0.15) is 12.6 Å². The first kappa shape index (κ1) is 37.4. The number of carboxylic acid groups (broad SMARTS) is 1. The first-order valence-corrected chi connectivity index (χ1v) is 15.9. The Hall–Kier alpha value is -2.67. The molecule has 0 aromatic heterocycles. The molecule has 1 unspecified atom stereocenters. The van der Waals surface area contributed by atoms with Crippen LogP contribution in [0.4, 0.5) is 0 Å². The highest BCUT2D eigenvalue weighted by Crippen LogP contribution is 2.32. The smallest absolute Gasteiger partial charge is 0.313 e. The average molecular weight is 617 g/mol. The minimum absolute atomic E-state index is 0.0833. The van der Waals surface area contributed by atoms with Crippen LogP contribution in [0.25, 0.3) is 0 Å². The fourth-order valence-corrected chi connectivity index (χ4v) is 4.19. The van der Waals surface area contributed by atoms with Crippen molar-refractivity contribution in [1.29, 1.82) is 0 Å². The fraction of sp³-hybridized carbons (Fsp3) is 0.457. The summed E-state index contributed by atoms with van der Waals surface area (Å²) in [5, 5.41) is 26.2. The number of unbranched alkanes of at least 4 members (excludes halogenated alkanes) is 6. The first-order valence-electron chi connectivity index (χ1n) is 14.8. The molecule has 1 aliphatic rings. The van der Waals surface area contributed by atoms with Crippen LogP contribution in [0.5, 0.6) is 11.5 Å². The number of ether oxygens (including phenoxy) is 1. The molecule has 5 nitrogen and oxygen atoms in total. The van der Waals surface area contributed by atoms with Crippen molar-refractivity contribution in [3.8, 4) is 11.5 Å². The third kappa shape index (κ3) is 17.3. The molecule has 42 heavy (non-hydrogen) atoms. The van der Waals surface area contributed by atoms with Crippen LogP contribution in [-0.2, 0) is 21.4 Å². The van der Waals surface area contributed by atoms with E-state index in [9.17, 15) is 15.0 Å². The lowest BCUT2D eigenvalue weighted by Gasteiger charge is -2.26. The number of rotatable bonds is 12. The summed E-state index contributed by atoms with van der Waals surface area (Å²) in [6.45, 7) is 7.39. The molecule has 3 aromatic carbocycles. The van der Waals surface area contributed by atoms with Gasteiger partial charge in [0.25, 0.3) is 0 Å². The molecule has 0 radical (unpaired) electrons. The molecule has 1 aliphatic heterocycles. The monoisotopic (exact) mass is 616 g/mol. The highest BCUT2D eigenvalue weighted by atomic mass is 35.5. The van der Waals surface area contributed by atoms with Crippen molar-refractivity contribution in [2.75, 3.05) is 18.2 Å². The predicted molar refractivity (Wildman–Crippen MR) is 178 cm³/mol. The summed E-state index contributed by atoms with van der Waals surface area (Å²) in [7, 11) is 0. The zero-order valence-electron chi connectivity index (χ0n) is 25.3. The van der Waals surface area contributed by atoms with Crippen LogP contribution in [0, 0.1) is 0 Å². The van der Waals surface area contributed by atoms with Crippen LogP contribution < -0.4 is 0 Å². The number of benzene rings is 3. The number of thiol groups is 1. The van der Waals surface area contributed by atoms with Gasteiger partial charge >= 0.3 is 5.97 Å². The lowest BCUT2D eigenvalue weighted by atomic mass is 9.78. The number of hydrogen-bond donors (Lipinski definition) is 4. The topological polar surface area (TPSA) is 90.3 Å². The second kappa shape index (κ2) is 21.9. The molecule has 1 fully saturated rings. The zero-order valence-corrected chi connectivity index (χ0v) is 27.0. The second-order valence-corrected chi connectivity index (χ2v) is 11.4. The van der Waals surface area contributed by atoms with Crippen LogP contribution >= 0.6 is 24.2 Å². The fourth-order valence-electron chi connectivity index (χ4n) is 4.01. The van der Waals surface area contributed by atoms with E-state index in [0.29, 0.717) is 12.0 Å². The van der Waals surface area contributed by atoms with Crippen molar-refractivity contribution < 1.29 is 24.9 Å². The van der Waals surface area contributed by atoms with Crippen molar-refractivity contribution in [3.63, 3.8) is 0 Å². The lowest BCUT2D eigenvalue weighted by Crippen LogP contribution is -2.18. The van der Waals surface area contributed by atoms with Gasteiger partial charge in [0.2, 0.25) is 0 Å². The number of aromatic hydroxyl groups is 2. The van der Waals surface area contributed by atoms with E-state index in [2.05, 4.69) is 63.7 Å². The molecule has 0 aliphatic carbocycles. The van der Waals surface area contributed by atoms with Gasteiger partial charge in [-0.1, -0.05) is 114 Å². The summed E-state index contributed by atoms with van der Waals surface area (Å²) >= 11 is 8.69. The van der Waals surface area contributed by atoms with E-state index < -0.39 is 5.97 Å². The van der Waals surface area contributed by atoms with Crippen molar-refractivity contribution in [3.05, 3.63) is 95.6 Å². The summed E-state index contributed by atoms with van der Waals surface area (Å²) < 4.78 is 4.73. The Morgan fingerprint density at radius 2 is 1.26 bits per heavy atom. The zero-order chi connectivity index (χ0) is 31.2. The number of aryl methyl sites for hydroxylation is 1. The van der Waals surface area contributed by atoms with Gasteiger partial charge in [0, 0.05) is 5.41 Å². The Kier molecular flexibility index (Phi) is 19.5. The maximum Gasteiger partial charge on any atom is 0.313 e. The quantitative estimate of drug-likeness (QED) is 0.0705. The van der Waals surface area contributed by atoms with E-state index in [4.69, 9.17) is 21.4 Å². The number of halogens is 1. The van der Waals surface area contributed by atoms with Gasteiger partial charge < -0.3 is 20.1 Å². The molecule has 1 saturated heterocycles. The van der Waals surface area contributed by atoms with Gasteiger partial charge in [-0.15, -0.1) is 11.6 Å². The highest BCUT2D eigenvalue weighted by Gasteiger charge is 2.22. The Bertz CT molecular complexity index is 1040. The molecule has 4 rings (SSSR count). The van der Waals surface area contributed by atoms with Gasteiger partial charge in [-0.25, -0.2) is 0 Å². The number of phenols is 2. The highest BCUT2D eigenvalue weighted by molar-refractivity contribution is 7.81. The molecular formula is C35H49ClO5S. The standard InChI is InChI=1S/C15H16O2.C15H24.C3H5ClO.C2H4O2S/c1-15(2,11-3-7-13(16)8-4-11)12-5-9-14(17)10-6-12;1-2-3-4-5-6-7-9-12-15-13-10-8-11-14-15;4-1-3-2-5-3;3-2(4)1-5/h3-10,16-17H,1-2H3;8,10-11,13-14H,2-7,9,12H2,1H3;3H,1-2H2;5H,1H2,(H,3,4). The minimum Gasteiger partial charge on any atom is -0.508 e. The maximum absolute atomic E-state index is 9.30. The lowest BCUT2D eigenvalue weighted by molar-refractivity contribution is -0.133. The van der Waals surface area contributed by atoms with Crippen LogP contribution in [0.3, 0.4) is 0 Å². The van der Waals surface area contributed by atoms with E-state index >= 15 is 0 Å². The molecule has 3 N–H and O–H groups in total. The molecule has 0 bridgehead atoms. The Labute approximate surface area is 263 Å². The molecule has 1 heterocycles. The summed E-state index contributed by atoms with van der Waals surface area (Å²) in [5.41, 5.74) is 3.59. The number of hydrogen-bond acceptors (Lipinski definition) is 5. The number of alkyl halides is 1. The van der Waals surface area contributed by atoms with E-state index in [0.717, 1.165) is 17.7 Å². The van der Waals surface area contributed by atoms with Gasteiger partial charge in [0.05, 0.1) is 24.3 Å². The Morgan fingerprint density at radius 1 is 0.833 bits per heavy atom. The number of carboxylic acids is 1. The third-order valence-corrected chi connectivity index (χ3v) is 7.41. The van der Waals surface area contributed by atoms with Crippen LogP contribution in [-0.4, -0.2) is 45.6 Å². The summed E-state index contributed by atoms with van der Waals surface area (Å²) in [5.74, 6) is 0.249. The first-order chi connectivity index (χ1) is 20.1. The molecule has 7 heteroatoms. The van der Waals surface area contributed by atoms with Crippen molar-refractivity contribution in [1.82, 2.24) is 0 Å². The molecule has 3 aromatic rings. The van der Waals surface area contributed by atoms with E-state index in [-0.39, 0.29) is 22.7 Å². The number of phenolic OH excluding ortho intramolecular Hbond substituents is 2. The SMILES string of the molecule is CC(C)(c1ccc(O)cc1)c1ccc(O)cc1.CCCCCCCCCc1ccccc1.ClCC1CO1.O=C(O)CS. The maximum atomic E-state index is 9.30. The number of epoxide rings is 1. The van der Waals surface area contributed by atoms with Crippen molar-refractivity contribution in [2.45, 2.75) is 83.7 Å². The van der Waals surface area contributed by atoms with E-state index in [1.54, 1.807) is 24.3 Å². The normalized spacial score (nSPS) is 13.3. The van der Waals surface area contributed by atoms with Gasteiger partial charge in [-0.05, 0) is 53.8 Å². The van der Waals surface area contributed by atoms with E-state index in [1.807, 2.05) is 24.3 Å². The number of aliphatic carboxylic acids is 1. The predicted octanol–water partition coefficient (Wildman–Crippen LogP) is 9.03. The number of carbonyl (C=O) groups is 1. The average Bonchev–Trinajstić information content (AvgIpc) is 3.84. The summed E-state index contributed by atoms with van der Waals surface area (Å²) in [4.78, 5) is 9.29. The van der Waals surface area contributed by atoms with Crippen LogP contribution in [0.2, 0.25) is 0 Å². The second-order valence-electron chi connectivity index (χ2n) is 10.7. The third-order valence-electron chi connectivity index (χ3n) is 6.80. The Balaban J connectivity index is 0.000000319. The van der Waals surface area contributed by atoms with Crippen LogP contribution in [0.15, 0.2) is 78.9 Å². The summed E-state index contributed by atoms with van der Waals surface area (Å²) in [6.07, 6.45) is 11.5. The van der Waals surface area contributed by atoms with E-state index in [1.165, 1.54) is 56.9 Å². The minimum atomic E-state index is -0.881. The largest absolute Gasteiger partial charge is 0.508 e. The van der Waals surface area contributed by atoms with Gasteiger partial charge in [-0.3, -0.25) is 4.79 Å². The summed E-state index contributed by atoms with van der Waals surface area (Å²) in [6, 6.07) is 25.3. The molecule has 0 amide bonds. The van der Waals surface area contributed by atoms with Gasteiger partial charge in [0.1, 0.15) is 11.5 Å². The van der Waals surface area contributed by atoms with Gasteiger partial charge in [0.15, 0.2) is 0 Å².